The first-order valence-corrected chi connectivity index (χ1v) is 5.80. The van der Waals surface area contributed by atoms with Gasteiger partial charge in [-0.1, -0.05) is 5.57 Å². The third-order valence-electron chi connectivity index (χ3n) is 3.15. The Balaban J connectivity index is 1.93. The number of hydrogen-bond acceptors (Lipinski definition) is 2. The summed E-state index contributed by atoms with van der Waals surface area (Å²) in [5.41, 5.74) is 3.39. The minimum absolute atomic E-state index is 0.999. The van der Waals surface area contributed by atoms with Gasteiger partial charge in [-0.05, 0) is 37.2 Å². The van der Waals surface area contributed by atoms with E-state index in [-0.39, 0.29) is 0 Å². The number of nitrogens with zero attached hydrogens (tertiary/aromatic N) is 1. The Morgan fingerprint density at radius 1 is 1.33 bits per heavy atom. The van der Waals surface area contributed by atoms with Gasteiger partial charge >= 0.3 is 0 Å². The van der Waals surface area contributed by atoms with Crippen molar-refractivity contribution in [3.8, 4) is 0 Å². The smallest absolute Gasteiger partial charge is 0.0937 e. The maximum Gasteiger partial charge on any atom is 0.0937 e. The van der Waals surface area contributed by atoms with E-state index >= 15 is 0 Å². The summed E-state index contributed by atoms with van der Waals surface area (Å²) in [4.78, 5) is 4.56. The molecule has 0 amide bonds. The highest BCUT2D eigenvalue weighted by atomic mass is 32.2. The zero-order valence-corrected chi connectivity index (χ0v) is 7.99. The molecule has 1 unspecified atom stereocenters. The van der Waals surface area contributed by atoms with Crippen molar-refractivity contribution in [2.75, 3.05) is 12.3 Å². The molecule has 0 aromatic rings. The van der Waals surface area contributed by atoms with Crippen molar-refractivity contribution in [2.24, 2.45) is 10.9 Å². The second kappa shape index (κ2) is 2.63. The van der Waals surface area contributed by atoms with Gasteiger partial charge in [0.05, 0.1) is 5.04 Å². The fourth-order valence-electron chi connectivity index (χ4n) is 2.57. The molecular weight excluding hydrogens is 166 g/mol. The van der Waals surface area contributed by atoms with Gasteiger partial charge in [0.25, 0.3) is 0 Å². The first-order valence-electron chi connectivity index (χ1n) is 4.82. The molecule has 2 heteroatoms. The zero-order chi connectivity index (χ0) is 7.97. The SMILES string of the molecule is C1CSC(C2=C3CCC(C3)C2)=N1. The molecule has 0 N–H and O–H groups in total. The van der Waals surface area contributed by atoms with Gasteiger partial charge in [0.15, 0.2) is 0 Å². The van der Waals surface area contributed by atoms with Crippen molar-refractivity contribution >= 4 is 16.8 Å². The van der Waals surface area contributed by atoms with Gasteiger partial charge in [0.1, 0.15) is 0 Å². The molecule has 0 aromatic carbocycles. The van der Waals surface area contributed by atoms with Crippen LogP contribution in [0.1, 0.15) is 25.7 Å². The van der Waals surface area contributed by atoms with E-state index in [1.807, 2.05) is 11.8 Å². The van der Waals surface area contributed by atoms with Crippen molar-refractivity contribution in [2.45, 2.75) is 25.7 Å². The van der Waals surface area contributed by atoms with Crippen LogP contribution in [0.15, 0.2) is 16.1 Å². The lowest BCUT2D eigenvalue weighted by atomic mass is 10.00. The second-order valence-corrected chi connectivity index (χ2v) is 5.01. The van der Waals surface area contributed by atoms with Crippen LogP contribution in [0.5, 0.6) is 0 Å². The van der Waals surface area contributed by atoms with Crippen LogP contribution in [-0.4, -0.2) is 17.3 Å². The number of thioether (sulfide) groups is 1. The molecule has 1 aliphatic heterocycles. The molecule has 1 heterocycles. The van der Waals surface area contributed by atoms with Crippen LogP contribution >= 0.6 is 11.8 Å². The molecule has 1 saturated carbocycles. The van der Waals surface area contributed by atoms with Crippen molar-refractivity contribution in [1.29, 1.82) is 0 Å². The van der Waals surface area contributed by atoms with E-state index in [0.29, 0.717) is 0 Å². The van der Waals surface area contributed by atoms with Crippen molar-refractivity contribution in [1.82, 2.24) is 0 Å². The van der Waals surface area contributed by atoms with E-state index in [4.69, 9.17) is 0 Å². The number of rotatable bonds is 1. The maximum absolute atomic E-state index is 4.56. The standard InChI is InChI=1S/C10H13NS/c1-2-8-5-7(1)6-9(8)10-11-3-4-12-10/h7H,1-6H2. The molecule has 1 fully saturated rings. The van der Waals surface area contributed by atoms with Gasteiger partial charge < -0.3 is 0 Å². The zero-order valence-electron chi connectivity index (χ0n) is 7.18. The molecule has 0 aromatic heterocycles. The Morgan fingerprint density at radius 3 is 2.92 bits per heavy atom. The van der Waals surface area contributed by atoms with E-state index in [1.165, 1.54) is 36.5 Å². The number of fused-ring (bicyclic) bond motifs is 2. The molecule has 0 saturated heterocycles. The Labute approximate surface area is 77.3 Å². The molecule has 1 atom stereocenters. The molecule has 0 spiro atoms. The summed E-state index contributed by atoms with van der Waals surface area (Å²) in [5, 5.41) is 1.40. The lowest BCUT2D eigenvalue weighted by molar-refractivity contribution is 0.570. The monoisotopic (exact) mass is 179 g/mol. The Bertz CT molecular complexity index is 278. The Morgan fingerprint density at radius 2 is 2.33 bits per heavy atom. The average Bonchev–Trinajstić information content (AvgIpc) is 2.81. The van der Waals surface area contributed by atoms with Crippen molar-refractivity contribution in [3.63, 3.8) is 0 Å². The highest BCUT2D eigenvalue weighted by Gasteiger charge is 2.32. The van der Waals surface area contributed by atoms with Crippen LogP contribution in [0.4, 0.5) is 0 Å². The van der Waals surface area contributed by atoms with E-state index in [0.717, 1.165) is 12.5 Å². The van der Waals surface area contributed by atoms with E-state index in [2.05, 4.69) is 4.99 Å². The molecule has 1 nitrogen and oxygen atoms in total. The normalized spacial score (nSPS) is 33.3. The third kappa shape index (κ3) is 0.972. The quantitative estimate of drug-likeness (QED) is 0.602. The van der Waals surface area contributed by atoms with Gasteiger partial charge in [-0.2, -0.15) is 0 Å². The van der Waals surface area contributed by atoms with Gasteiger partial charge in [0, 0.05) is 12.3 Å². The van der Waals surface area contributed by atoms with Crippen LogP contribution in [0.3, 0.4) is 0 Å². The summed E-state index contributed by atoms with van der Waals surface area (Å²) >= 11 is 1.97. The van der Waals surface area contributed by atoms with Crippen molar-refractivity contribution < 1.29 is 0 Å². The number of hydrogen-bond donors (Lipinski definition) is 0. The van der Waals surface area contributed by atoms with Crippen LogP contribution in [0.2, 0.25) is 0 Å². The average molecular weight is 179 g/mol. The summed E-state index contributed by atoms with van der Waals surface area (Å²) < 4.78 is 0. The largest absolute Gasteiger partial charge is 0.277 e. The van der Waals surface area contributed by atoms with Gasteiger partial charge in [-0.15, -0.1) is 11.8 Å². The number of aliphatic imine (C=N–C) groups is 1. The van der Waals surface area contributed by atoms with Crippen LogP contribution < -0.4 is 0 Å². The van der Waals surface area contributed by atoms with Crippen molar-refractivity contribution in [3.05, 3.63) is 11.1 Å². The topological polar surface area (TPSA) is 12.4 Å². The summed E-state index contributed by atoms with van der Waals surface area (Å²) in [7, 11) is 0. The van der Waals surface area contributed by atoms with E-state index in [9.17, 15) is 0 Å². The molecule has 3 aliphatic rings. The fourth-order valence-corrected chi connectivity index (χ4v) is 3.53. The van der Waals surface area contributed by atoms with Crippen LogP contribution in [0.25, 0.3) is 0 Å². The molecule has 0 radical (unpaired) electrons. The molecule has 2 bridgehead atoms. The van der Waals surface area contributed by atoms with E-state index < -0.39 is 0 Å². The summed E-state index contributed by atoms with van der Waals surface area (Å²) in [6.07, 6.45) is 5.58. The van der Waals surface area contributed by atoms with Crippen LogP contribution in [-0.2, 0) is 0 Å². The lowest BCUT2D eigenvalue weighted by Gasteiger charge is -2.10. The van der Waals surface area contributed by atoms with E-state index in [1.54, 1.807) is 11.1 Å². The van der Waals surface area contributed by atoms with Gasteiger partial charge in [-0.25, -0.2) is 0 Å². The maximum atomic E-state index is 4.56. The molecule has 12 heavy (non-hydrogen) atoms. The summed E-state index contributed by atoms with van der Waals surface area (Å²) in [6, 6.07) is 0. The minimum Gasteiger partial charge on any atom is -0.277 e. The first-order chi connectivity index (χ1) is 5.93. The molecule has 3 rings (SSSR count). The first kappa shape index (κ1) is 7.19. The molecule has 2 aliphatic carbocycles. The van der Waals surface area contributed by atoms with Crippen LogP contribution in [0, 0.1) is 5.92 Å². The summed E-state index contributed by atoms with van der Waals surface area (Å²) in [5.74, 6) is 2.22. The molecule has 64 valence electrons. The molecular formula is C10H13NS. The van der Waals surface area contributed by atoms with Gasteiger partial charge in [0.2, 0.25) is 0 Å². The lowest BCUT2D eigenvalue weighted by Crippen LogP contribution is -2.01. The van der Waals surface area contributed by atoms with Gasteiger partial charge in [-0.3, -0.25) is 4.99 Å². The Kier molecular flexibility index (Phi) is 1.57. The highest BCUT2D eigenvalue weighted by molar-refractivity contribution is 8.14. The predicted molar refractivity (Wildman–Crippen MR) is 53.7 cm³/mol. The minimum atomic E-state index is 0.999. The highest BCUT2D eigenvalue weighted by Crippen LogP contribution is 2.46. The fraction of sp³-hybridized carbons (Fsp3) is 0.700. The summed E-state index contributed by atoms with van der Waals surface area (Å²) in [6.45, 7) is 1.06. The third-order valence-corrected chi connectivity index (χ3v) is 4.19. The second-order valence-electron chi connectivity index (χ2n) is 3.93. The Hall–Kier alpha value is -0.240. The number of allylic oxidation sites excluding steroid dienone is 1. The predicted octanol–water partition coefficient (Wildman–Crippen LogP) is 2.63.